The number of methoxy groups -OCH3 is 1. The average Bonchev–Trinajstić information content (AvgIpc) is 3.49. The molecule has 3 rings (SSSR count). The van der Waals surface area contributed by atoms with Gasteiger partial charge in [-0.1, -0.05) is 0 Å². The highest BCUT2D eigenvalue weighted by Gasteiger charge is 2.42. The van der Waals surface area contributed by atoms with Crippen LogP contribution in [0, 0.1) is 5.41 Å². The summed E-state index contributed by atoms with van der Waals surface area (Å²) in [6.07, 6.45) is 10.2. The Morgan fingerprint density at radius 3 is 2.67 bits per heavy atom. The van der Waals surface area contributed by atoms with E-state index in [2.05, 4.69) is 17.1 Å². The van der Waals surface area contributed by atoms with Gasteiger partial charge in [0.15, 0.2) is 5.96 Å². The second-order valence-corrected chi connectivity index (χ2v) is 8.42. The van der Waals surface area contributed by atoms with E-state index in [0.29, 0.717) is 17.6 Å². The molecule has 1 N–H and O–H groups in total. The summed E-state index contributed by atoms with van der Waals surface area (Å²) in [5.41, 5.74) is 0.401. The van der Waals surface area contributed by atoms with Crippen LogP contribution in [-0.4, -0.2) is 76.2 Å². The fourth-order valence-electron chi connectivity index (χ4n) is 4.07. The molecule has 6 nitrogen and oxygen atoms in total. The quantitative estimate of drug-likeness (QED) is 0.492. The van der Waals surface area contributed by atoms with Crippen molar-refractivity contribution in [2.45, 2.75) is 70.5 Å². The van der Waals surface area contributed by atoms with E-state index in [4.69, 9.17) is 19.2 Å². The maximum absolute atomic E-state index is 6.15. The molecule has 2 saturated heterocycles. The summed E-state index contributed by atoms with van der Waals surface area (Å²) in [5, 5.41) is 3.49. The van der Waals surface area contributed by atoms with Gasteiger partial charge in [0.25, 0.3) is 0 Å². The maximum atomic E-state index is 6.15. The van der Waals surface area contributed by atoms with Gasteiger partial charge in [-0.3, -0.25) is 4.99 Å². The second kappa shape index (κ2) is 10.6. The zero-order valence-electron chi connectivity index (χ0n) is 17.4. The Morgan fingerprint density at radius 1 is 1.22 bits per heavy atom. The Labute approximate surface area is 165 Å². The molecule has 0 amide bonds. The standard InChI is InChI=1S/C21H39N3O3/c1-3-22-20(23-17-21(9-10-21)11-15-25-2)24-12-7-18(8-13-24)27-16-19-6-4-5-14-26-19/h18-19H,3-17H2,1-2H3,(H,22,23). The highest BCUT2D eigenvalue weighted by atomic mass is 16.5. The molecule has 27 heavy (non-hydrogen) atoms. The van der Waals surface area contributed by atoms with Crippen molar-refractivity contribution in [1.29, 1.82) is 0 Å². The molecule has 1 saturated carbocycles. The van der Waals surface area contributed by atoms with Crippen LogP contribution in [0.5, 0.6) is 0 Å². The lowest BCUT2D eigenvalue weighted by atomic mass is 10.0. The number of nitrogens with one attached hydrogen (secondary N) is 1. The monoisotopic (exact) mass is 381 g/mol. The van der Waals surface area contributed by atoms with Crippen LogP contribution in [-0.2, 0) is 14.2 Å². The number of nitrogens with zero attached hydrogens (tertiary/aromatic N) is 2. The lowest BCUT2D eigenvalue weighted by Gasteiger charge is -2.35. The van der Waals surface area contributed by atoms with Gasteiger partial charge < -0.3 is 24.4 Å². The highest BCUT2D eigenvalue weighted by molar-refractivity contribution is 5.80. The number of guanidine groups is 1. The molecule has 0 radical (unpaired) electrons. The number of hydrogen-bond acceptors (Lipinski definition) is 4. The van der Waals surface area contributed by atoms with Gasteiger partial charge >= 0.3 is 0 Å². The first kappa shape index (κ1) is 20.9. The van der Waals surface area contributed by atoms with Crippen LogP contribution in [0.3, 0.4) is 0 Å². The normalized spacial score (nSPS) is 26.2. The lowest BCUT2D eigenvalue weighted by Crippen LogP contribution is -2.47. The molecular weight excluding hydrogens is 342 g/mol. The van der Waals surface area contributed by atoms with Gasteiger partial charge in [-0.15, -0.1) is 0 Å². The molecule has 0 aromatic heterocycles. The van der Waals surface area contributed by atoms with E-state index in [1.54, 1.807) is 7.11 Å². The lowest BCUT2D eigenvalue weighted by molar-refractivity contribution is -0.0721. The number of piperidine rings is 1. The fourth-order valence-corrected chi connectivity index (χ4v) is 4.07. The zero-order valence-corrected chi connectivity index (χ0v) is 17.4. The summed E-state index contributed by atoms with van der Waals surface area (Å²) < 4.78 is 17.2. The molecule has 0 bridgehead atoms. The van der Waals surface area contributed by atoms with Gasteiger partial charge in [-0.05, 0) is 63.7 Å². The molecule has 3 fully saturated rings. The largest absolute Gasteiger partial charge is 0.385 e. The Morgan fingerprint density at radius 2 is 2.04 bits per heavy atom. The minimum absolute atomic E-state index is 0.317. The van der Waals surface area contributed by atoms with Crippen molar-refractivity contribution in [2.24, 2.45) is 10.4 Å². The van der Waals surface area contributed by atoms with E-state index >= 15 is 0 Å². The van der Waals surface area contributed by atoms with Gasteiger partial charge in [-0.2, -0.15) is 0 Å². The first-order valence-electron chi connectivity index (χ1n) is 11.0. The molecule has 3 aliphatic rings. The van der Waals surface area contributed by atoms with E-state index in [9.17, 15) is 0 Å². The molecule has 156 valence electrons. The molecule has 0 spiro atoms. The number of aliphatic imine (C=N–C) groups is 1. The van der Waals surface area contributed by atoms with E-state index in [1.807, 2.05) is 0 Å². The maximum Gasteiger partial charge on any atom is 0.193 e. The van der Waals surface area contributed by atoms with Crippen LogP contribution >= 0.6 is 0 Å². The molecule has 2 heterocycles. The molecule has 0 aromatic carbocycles. The smallest absolute Gasteiger partial charge is 0.193 e. The van der Waals surface area contributed by atoms with Crippen LogP contribution in [0.15, 0.2) is 4.99 Å². The van der Waals surface area contributed by atoms with Crippen LogP contribution in [0.4, 0.5) is 0 Å². The summed E-state index contributed by atoms with van der Waals surface area (Å²) in [6, 6.07) is 0. The van der Waals surface area contributed by atoms with Crippen molar-refractivity contribution in [3.05, 3.63) is 0 Å². The van der Waals surface area contributed by atoms with Gasteiger partial charge in [0.05, 0.1) is 18.8 Å². The predicted octanol–water partition coefficient (Wildman–Crippen LogP) is 2.82. The van der Waals surface area contributed by atoms with Gasteiger partial charge in [0, 0.05) is 46.5 Å². The van der Waals surface area contributed by atoms with Crippen LogP contribution in [0.1, 0.15) is 58.3 Å². The van der Waals surface area contributed by atoms with E-state index in [-0.39, 0.29) is 0 Å². The van der Waals surface area contributed by atoms with Gasteiger partial charge in [-0.25, -0.2) is 0 Å². The minimum Gasteiger partial charge on any atom is -0.385 e. The number of ether oxygens (including phenoxy) is 3. The molecule has 1 aliphatic carbocycles. The van der Waals surface area contributed by atoms with Crippen molar-refractivity contribution < 1.29 is 14.2 Å². The zero-order chi connectivity index (χ0) is 19.0. The molecular formula is C21H39N3O3. The summed E-state index contributed by atoms with van der Waals surface area (Å²) in [4.78, 5) is 7.39. The van der Waals surface area contributed by atoms with Crippen molar-refractivity contribution in [3.8, 4) is 0 Å². The van der Waals surface area contributed by atoms with Gasteiger partial charge in [0.1, 0.15) is 0 Å². The third kappa shape index (κ3) is 6.61. The van der Waals surface area contributed by atoms with Crippen molar-refractivity contribution in [3.63, 3.8) is 0 Å². The molecule has 1 atom stereocenters. The van der Waals surface area contributed by atoms with Crippen molar-refractivity contribution >= 4 is 5.96 Å². The van der Waals surface area contributed by atoms with E-state index in [1.165, 1.54) is 25.7 Å². The topological polar surface area (TPSA) is 55.3 Å². The third-order valence-corrected chi connectivity index (χ3v) is 6.23. The first-order valence-corrected chi connectivity index (χ1v) is 11.0. The van der Waals surface area contributed by atoms with Crippen LogP contribution < -0.4 is 5.32 Å². The molecule has 1 unspecified atom stereocenters. The summed E-state index contributed by atoms with van der Waals surface area (Å²) in [7, 11) is 1.79. The summed E-state index contributed by atoms with van der Waals surface area (Å²) in [5.74, 6) is 1.08. The highest BCUT2D eigenvalue weighted by Crippen LogP contribution is 2.49. The Kier molecular flexibility index (Phi) is 8.22. The third-order valence-electron chi connectivity index (χ3n) is 6.23. The predicted molar refractivity (Wildman–Crippen MR) is 108 cm³/mol. The van der Waals surface area contributed by atoms with E-state index in [0.717, 1.165) is 77.6 Å². The molecule has 6 heteroatoms. The summed E-state index contributed by atoms with van der Waals surface area (Å²) in [6.45, 7) is 8.54. The number of rotatable bonds is 9. The molecule has 2 aliphatic heterocycles. The Bertz CT molecular complexity index is 454. The van der Waals surface area contributed by atoms with E-state index < -0.39 is 0 Å². The Hall–Kier alpha value is -0.850. The SMILES string of the molecule is CCNC(=NCC1(CCOC)CC1)N1CCC(OCC2CCCCO2)CC1. The van der Waals surface area contributed by atoms with Crippen LogP contribution in [0.25, 0.3) is 0 Å². The Balaban J connectivity index is 1.41. The first-order chi connectivity index (χ1) is 13.2. The minimum atomic E-state index is 0.317. The van der Waals surface area contributed by atoms with Crippen molar-refractivity contribution in [2.75, 3.05) is 53.1 Å². The van der Waals surface area contributed by atoms with Gasteiger partial charge in [0.2, 0.25) is 0 Å². The number of hydrogen-bond donors (Lipinski definition) is 1. The average molecular weight is 382 g/mol. The van der Waals surface area contributed by atoms with Crippen molar-refractivity contribution in [1.82, 2.24) is 10.2 Å². The summed E-state index contributed by atoms with van der Waals surface area (Å²) >= 11 is 0. The second-order valence-electron chi connectivity index (χ2n) is 8.42. The number of likely N-dealkylation sites (tertiary alicyclic amines) is 1. The van der Waals surface area contributed by atoms with Crippen LogP contribution in [0.2, 0.25) is 0 Å². The fraction of sp³-hybridized carbons (Fsp3) is 0.952. The molecule has 0 aromatic rings.